The molecule has 1 N–H and O–H groups in total. The minimum absolute atomic E-state index is 0.145. The molecule has 0 aliphatic carbocycles. The maximum Gasteiger partial charge on any atom is 0.326 e. The molecular weight excluding hydrogens is 718 g/mol. The first-order chi connectivity index (χ1) is 20.1. The topological polar surface area (TPSA) is 127 Å². The quantitative estimate of drug-likeness (QED) is 0.131. The van der Waals surface area contributed by atoms with Gasteiger partial charge in [0.2, 0.25) is 0 Å². The van der Waals surface area contributed by atoms with Crippen LogP contribution < -0.4 is 14.5 Å². The number of unbranched alkanes of at least 4 members (excludes halogenated alkanes) is 1. The number of aromatic nitrogens is 3. The number of nitrogens with zero attached hydrogens (tertiary/aromatic N) is 5. The van der Waals surface area contributed by atoms with Crippen LogP contribution in [0.3, 0.4) is 0 Å². The van der Waals surface area contributed by atoms with Crippen molar-refractivity contribution in [2.45, 2.75) is 24.7 Å². The Morgan fingerprint density at radius 1 is 1.10 bits per heavy atom. The molecular formula is C27H25Cl2IN6O5S. The maximum absolute atomic E-state index is 13.9. The number of rotatable bonds is 10. The van der Waals surface area contributed by atoms with Crippen molar-refractivity contribution in [2.24, 2.45) is 0 Å². The number of esters is 1. The third-order valence-corrected chi connectivity index (χ3v) is 9.55. The number of carbonyl (C=O) groups is 2. The Balaban J connectivity index is 1.52. The summed E-state index contributed by atoms with van der Waals surface area (Å²) in [6.07, 6.45) is 3.33. The Labute approximate surface area is 265 Å². The van der Waals surface area contributed by atoms with E-state index in [2.05, 4.69) is 38.1 Å². The molecule has 2 amide bonds. The van der Waals surface area contributed by atoms with Crippen LogP contribution in [0.1, 0.15) is 19.8 Å². The summed E-state index contributed by atoms with van der Waals surface area (Å²) in [7, 11) is -4.27. The SMILES string of the molecule is CCCCOC(=O)CN(c1ccc2c(c1)c(I)cn2-c1ccc(N2CCNC2=O)nn1)S(=O)(=O)c1cc(Cl)cc(Cl)c1. The van der Waals surface area contributed by atoms with Crippen LogP contribution in [-0.4, -0.2) is 61.4 Å². The fraction of sp³-hybridized carbons (Fsp3) is 0.259. The number of benzene rings is 2. The number of hydrogen-bond donors (Lipinski definition) is 1. The molecule has 11 nitrogen and oxygen atoms in total. The molecule has 0 bridgehead atoms. The number of halogens is 3. The van der Waals surface area contributed by atoms with Gasteiger partial charge in [0.05, 0.1) is 22.7 Å². The molecule has 1 aliphatic rings. The van der Waals surface area contributed by atoms with Crippen molar-refractivity contribution >= 4 is 90.2 Å². The summed E-state index contributed by atoms with van der Waals surface area (Å²) in [4.78, 5) is 26.1. The van der Waals surface area contributed by atoms with Crippen LogP contribution in [0.25, 0.3) is 16.7 Å². The third kappa shape index (κ3) is 6.28. The largest absolute Gasteiger partial charge is 0.464 e. The zero-order valence-electron chi connectivity index (χ0n) is 22.3. The van der Waals surface area contributed by atoms with E-state index in [9.17, 15) is 18.0 Å². The number of fused-ring (bicyclic) bond motifs is 1. The summed E-state index contributed by atoms with van der Waals surface area (Å²) in [5.41, 5.74) is 0.987. The van der Waals surface area contributed by atoms with Crippen LogP contribution in [0.15, 0.2) is 59.6 Å². The van der Waals surface area contributed by atoms with Crippen molar-refractivity contribution in [3.63, 3.8) is 0 Å². The van der Waals surface area contributed by atoms with Gasteiger partial charge in [-0.25, -0.2) is 13.2 Å². The van der Waals surface area contributed by atoms with Gasteiger partial charge in [0, 0.05) is 38.3 Å². The average molecular weight is 743 g/mol. The first-order valence-corrected chi connectivity index (χ1v) is 16.2. The van der Waals surface area contributed by atoms with E-state index in [-0.39, 0.29) is 33.3 Å². The first kappa shape index (κ1) is 30.3. The monoisotopic (exact) mass is 742 g/mol. The summed E-state index contributed by atoms with van der Waals surface area (Å²) in [5, 5.41) is 12.3. The highest BCUT2D eigenvalue weighted by Gasteiger charge is 2.29. The number of hydrogen-bond acceptors (Lipinski definition) is 7. The van der Waals surface area contributed by atoms with Gasteiger partial charge in [0.1, 0.15) is 6.54 Å². The molecule has 4 aromatic rings. The molecule has 0 saturated carbocycles. The zero-order valence-corrected chi connectivity index (χ0v) is 26.7. The van der Waals surface area contributed by atoms with E-state index in [0.29, 0.717) is 31.1 Å². The number of carbonyl (C=O) groups excluding carboxylic acids is 2. The molecule has 0 radical (unpaired) electrons. The second kappa shape index (κ2) is 12.6. The summed E-state index contributed by atoms with van der Waals surface area (Å²) in [5.74, 6) is 0.265. The lowest BCUT2D eigenvalue weighted by Crippen LogP contribution is -2.36. The number of nitrogens with one attached hydrogen (secondary N) is 1. The highest BCUT2D eigenvalue weighted by molar-refractivity contribution is 14.1. The number of urea groups is 1. The standard InChI is InChI=1S/C27H25Cl2IN6O5S/c1-2-3-10-41-26(37)16-36(42(39,40)20-12-17(28)11-18(29)13-20)19-4-5-23-21(14-19)22(30)15-35(23)25-7-6-24(32-33-25)34-9-8-31-27(34)38/h4-7,11-15H,2-3,8-10,16H2,1H3,(H,31,38). The lowest BCUT2D eigenvalue weighted by atomic mass is 10.2. The van der Waals surface area contributed by atoms with Crippen LogP contribution >= 0.6 is 45.8 Å². The molecule has 1 aliphatic heterocycles. The van der Waals surface area contributed by atoms with Gasteiger partial charge < -0.3 is 10.1 Å². The Morgan fingerprint density at radius 2 is 1.81 bits per heavy atom. The maximum atomic E-state index is 13.9. The van der Waals surface area contributed by atoms with Crippen LogP contribution in [0.2, 0.25) is 10.0 Å². The predicted molar refractivity (Wildman–Crippen MR) is 169 cm³/mol. The van der Waals surface area contributed by atoms with Crippen molar-refractivity contribution in [3.8, 4) is 5.82 Å². The molecule has 0 unspecified atom stereocenters. The fourth-order valence-electron chi connectivity index (χ4n) is 4.42. The van der Waals surface area contributed by atoms with Gasteiger partial charge in [-0.05, 0) is 77.5 Å². The minimum Gasteiger partial charge on any atom is -0.464 e. The molecule has 2 aromatic carbocycles. The number of sulfonamides is 1. The van der Waals surface area contributed by atoms with E-state index in [0.717, 1.165) is 25.2 Å². The molecule has 2 aromatic heterocycles. The van der Waals surface area contributed by atoms with Crippen molar-refractivity contribution in [1.82, 2.24) is 20.1 Å². The lowest BCUT2D eigenvalue weighted by Gasteiger charge is -2.24. The second-order valence-electron chi connectivity index (χ2n) is 9.37. The molecule has 0 spiro atoms. The Morgan fingerprint density at radius 3 is 2.45 bits per heavy atom. The summed E-state index contributed by atoms with van der Waals surface area (Å²) in [6.45, 7) is 2.65. The predicted octanol–water partition coefficient (Wildman–Crippen LogP) is 5.40. The van der Waals surface area contributed by atoms with Crippen molar-refractivity contribution in [1.29, 1.82) is 0 Å². The highest BCUT2D eigenvalue weighted by atomic mass is 127. The van der Waals surface area contributed by atoms with E-state index in [1.807, 2.05) is 17.7 Å². The lowest BCUT2D eigenvalue weighted by molar-refractivity contribution is -0.141. The smallest absolute Gasteiger partial charge is 0.326 e. The molecule has 1 fully saturated rings. The minimum atomic E-state index is -4.27. The van der Waals surface area contributed by atoms with Crippen LogP contribution in [-0.2, 0) is 19.6 Å². The van der Waals surface area contributed by atoms with Gasteiger partial charge in [-0.1, -0.05) is 36.5 Å². The summed E-state index contributed by atoms with van der Waals surface area (Å²) >= 11 is 14.4. The average Bonchev–Trinajstić information content (AvgIpc) is 3.53. The Bertz CT molecular complexity index is 1750. The Hall–Kier alpha value is -3.14. The molecule has 0 atom stereocenters. The van der Waals surface area contributed by atoms with Gasteiger partial charge in [0.25, 0.3) is 10.0 Å². The van der Waals surface area contributed by atoms with E-state index in [1.165, 1.54) is 23.1 Å². The molecule has 3 heterocycles. The second-order valence-corrected chi connectivity index (χ2v) is 13.3. The van der Waals surface area contributed by atoms with Crippen molar-refractivity contribution in [2.75, 3.05) is 35.4 Å². The zero-order chi connectivity index (χ0) is 30.0. The van der Waals surface area contributed by atoms with Gasteiger partial charge in [-0.3, -0.25) is 18.6 Å². The number of amides is 2. The van der Waals surface area contributed by atoms with Crippen LogP contribution in [0.4, 0.5) is 16.3 Å². The van der Waals surface area contributed by atoms with Gasteiger partial charge in [-0.2, -0.15) is 0 Å². The molecule has 15 heteroatoms. The highest BCUT2D eigenvalue weighted by Crippen LogP contribution is 2.33. The molecule has 220 valence electrons. The van der Waals surface area contributed by atoms with Gasteiger partial charge in [-0.15, -0.1) is 10.2 Å². The molecule has 42 heavy (non-hydrogen) atoms. The third-order valence-electron chi connectivity index (χ3n) is 6.50. The molecule has 1 saturated heterocycles. The summed E-state index contributed by atoms with van der Waals surface area (Å²) < 4.78 is 36.6. The van der Waals surface area contributed by atoms with Gasteiger partial charge in [0.15, 0.2) is 11.6 Å². The van der Waals surface area contributed by atoms with E-state index in [4.69, 9.17) is 27.9 Å². The van der Waals surface area contributed by atoms with E-state index in [1.54, 1.807) is 30.3 Å². The number of ether oxygens (including phenoxy) is 1. The van der Waals surface area contributed by atoms with Crippen LogP contribution in [0.5, 0.6) is 0 Å². The van der Waals surface area contributed by atoms with Crippen molar-refractivity contribution < 1.29 is 22.7 Å². The van der Waals surface area contributed by atoms with Crippen molar-refractivity contribution in [3.05, 3.63) is 68.3 Å². The van der Waals surface area contributed by atoms with Crippen LogP contribution in [0, 0.1) is 3.57 Å². The van der Waals surface area contributed by atoms with E-state index >= 15 is 0 Å². The van der Waals surface area contributed by atoms with E-state index < -0.39 is 22.5 Å². The Kier molecular flexibility index (Phi) is 9.11. The molecule has 5 rings (SSSR count). The fourth-order valence-corrected chi connectivity index (χ4v) is 7.26. The normalized spacial score (nSPS) is 13.4. The number of anilines is 2. The van der Waals surface area contributed by atoms with Gasteiger partial charge >= 0.3 is 12.0 Å². The summed E-state index contributed by atoms with van der Waals surface area (Å²) in [6, 6.07) is 12.3. The first-order valence-electron chi connectivity index (χ1n) is 12.9.